The van der Waals surface area contributed by atoms with E-state index < -0.39 is 11.9 Å². The van der Waals surface area contributed by atoms with Gasteiger partial charge in [-0.25, -0.2) is 4.79 Å². The predicted molar refractivity (Wildman–Crippen MR) is 51.5 cm³/mol. The van der Waals surface area contributed by atoms with Crippen molar-refractivity contribution in [1.82, 2.24) is 4.98 Å². The van der Waals surface area contributed by atoms with Crippen LogP contribution in [0.3, 0.4) is 0 Å². The zero-order chi connectivity index (χ0) is 11.3. The van der Waals surface area contributed by atoms with Crippen molar-refractivity contribution >= 4 is 11.9 Å². The fraction of sp³-hybridized carbons (Fsp3) is 0.300. The van der Waals surface area contributed by atoms with E-state index in [1.165, 1.54) is 25.4 Å². The zero-order valence-corrected chi connectivity index (χ0v) is 8.27. The van der Waals surface area contributed by atoms with Gasteiger partial charge in [0.2, 0.25) is 0 Å². The summed E-state index contributed by atoms with van der Waals surface area (Å²) in [5.74, 6) is -1.34. The van der Waals surface area contributed by atoms with E-state index in [1.807, 2.05) is 0 Å². The minimum absolute atomic E-state index is 0.00236. The zero-order valence-electron chi connectivity index (χ0n) is 8.27. The number of ether oxygens (including phenoxy) is 1. The molecule has 0 spiro atoms. The monoisotopic (exact) mass is 209 g/mol. The van der Waals surface area contributed by atoms with Gasteiger partial charge in [0.05, 0.1) is 19.1 Å². The number of rotatable bonds is 4. The fourth-order valence-electron chi connectivity index (χ4n) is 1.09. The van der Waals surface area contributed by atoms with Crippen LogP contribution in [0, 0.1) is 0 Å². The molecule has 80 valence electrons. The highest BCUT2D eigenvalue weighted by Gasteiger charge is 2.07. The minimum Gasteiger partial charge on any atom is -0.481 e. The summed E-state index contributed by atoms with van der Waals surface area (Å²) in [5, 5.41) is 8.48. The number of carbonyl (C=O) groups excluding carboxylic acids is 1. The highest BCUT2D eigenvalue weighted by Crippen LogP contribution is 2.05. The standard InChI is InChI=1S/C10H11NO4/c1-15-10(14)7-4-5-11-8(6-7)2-3-9(12)13/h4-6H,2-3H2,1H3,(H,12,13). The van der Waals surface area contributed by atoms with E-state index in [-0.39, 0.29) is 6.42 Å². The Bertz CT molecular complexity index is 375. The van der Waals surface area contributed by atoms with E-state index in [0.717, 1.165) is 0 Å². The van der Waals surface area contributed by atoms with Gasteiger partial charge in [0.15, 0.2) is 0 Å². The molecule has 0 bridgehead atoms. The molecule has 15 heavy (non-hydrogen) atoms. The first-order valence-corrected chi connectivity index (χ1v) is 4.38. The van der Waals surface area contributed by atoms with Gasteiger partial charge in [0.25, 0.3) is 0 Å². The van der Waals surface area contributed by atoms with Crippen LogP contribution in [0.15, 0.2) is 18.3 Å². The lowest BCUT2D eigenvalue weighted by molar-refractivity contribution is -0.136. The summed E-state index contributed by atoms with van der Waals surface area (Å²) in [7, 11) is 1.29. The molecule has 5 heteroatoms. The SMILES string of the molecule is COC(=O)c1ccnc(CCC(=O)O)c1. The predicted octanol–water partition coefficient (Wildman–Crippen LogP) is 0.885. The van der Waals surface area contributed by atoms with Gasteiger partial charge in [0, 0.05) is 18.3 Å². The third-order valence-corrected chi connectivity index (χ3v) is 1.83. The number of aliphatic carboxylic acids is 1. The molecule has 0 radical (unpaired) electrons. The molecule has 5 nitrogen and oxygen atoms in total. The van der Waals surface area contributed by atoms with Crippen molar-refractivity contribution in [2.45, 2.75) is 12.8 Å². The Hall–Kier alpha value is -1.91. The van der Waals surface area contributed by atoms with E-state index in [2.05, 4.69) is 9.72 Å². The maximum absolute atomic E-state index is 11.1. The lowest BCUT2D eigenvalue weighted by atomic mass is 10.1. The smallest absolute Gasteiger partial charge is 0.337 e. The van der Waals surface area contributed by atoms with Gasteiger partial charge in [-0.3, -0.25) is 9.78 Å². The van der Waals surface area contributed by atoms with E-state index in [0.29, 0.717) is 17.7 Å². The molecule has 0 aliphatic carbocycles. The normalized spacial score (nSPS) is 9.67. The van der Waals surface area contributed by atoms with Crippen molar-refractivity contribution in [3.05, 3.63) is 29.6 Å². The van der Waals surface area contributed by atoms with Gasteiger partial charge in [-0.05, 0) is 12.1 Å². The van der Waals surface area contributed by atoms with Crippen LogP contribution in [0.2, 0.25) is 0 Å². The van der Waals surface area contributed by atoms with Crippen LogP contribution in [0.5, 0.6) is 0 Å². The summed E-state index contributed by atoms with van der Waals surface area (Å²) in [6, 6.07) is 3.06. The second-order valence-electron chi connectivity index (χ2n) is 2.92. The molecule has 1 rings (SSSR count). The molecule has 1 aromatic heterocycles. The number of carboxylic acid groups (broad SMARTS) is 1. The van der Waals surface area contributed by atoms with Crippen molar-refractivity contribution in [3.8, 4) is 0 Å². The number of esters is 1. The summed E-state index contributed by atoms with van der Waals surface area (Å²) >= 11 is 0. The first-order valence-electron chi connectivity index (χ1n) is 4.38. The molecule has 0 saturated carbocycles. The number of nitrogens with zero attached hydrogens (tertiary/aromatic N) is 1. The summed E-state index contributed by atoms with van der Waals surface area (Å²) in [4.78, 5) is 25.4. The fourth-order valence-corrected chi connectivity index (χ4v) is 1.09. The van der Waals surface area contributed by atoms with Gasteiger partial charge in [-0.1, -0.05) is 0 Å². The first kappa shape index (κ1) is 11.2. The molecular formula is C10H11NO4. The molecular weight excluding hydrogens is 198 g/mol. The molecule has 0 amide bonds. The third-order valence-electron chi connectivity index (χ3n) is 1.83. The maximum Gasteiger partial charge on any atom is 0.337 e. The number of hydrogen-bond acceptors (Lipinski definition) is 4. The molecule has 0 aromatic carbocycles. The van der Waals surface area contributed by atoms with Crippen molar-refractivity contribution in [3.63, 3.8) is 0 Å². The molecule has 0 saturated heterocycles. The second kappa shape index (κ2) is 5.09. The average molecular weight is 209 g/mol. The van der Waals surface area contributed by atoms with Gasteiger partial charge in [-0.15, -0.1) is 0 Å². The van der Waals surface area contributed by atoms with Crippen LogP contribution in [0.25, 0.3) is 0 Å². The van der Waals surface area contributed by atoms with Gasteiger partial charge in [-0.2, -0.15) is 0 Å². The van der Waals surface area contributed by atoms with Crippen LogP contribution < -0.4 is 0 Å². The van der Waals surface area contributed by atoms with Crippen LogP contribution in [0.4, 0.5) is 0 Å². The largest absolute Gasteiger partial charge is 0.481 e. The Labute approximate surface area is 86.7 Å². The number of pyridine rings is 1. The van der Waals surface area contributed by atoms with Crippen LogP contribution in [0.1, 0.15) is 22.5 Å². The van der Waals surface area contributed by atoms with Crippen molar-refractivity contribution < 1.29 is 19.4 Å². The average Bonchev–Trinajstić information content (AvgIpc) is 2.25. The number of carboxylic acids is 1. The molecule has 1 N–H and O–H groups in total. The number of aromatic nitrogens is 1. The van der Waals surface area contributed by atoms with Gasteiger partial charge in [0.1, 0.15) is 0 Å². The molecule has 0 aliphatic rings. The number of methoxy groups -OCH3 is 1. The molecule has 0 aliphatic heterocycles. The van der Waals surface area contributed by atoms with E-state index in [1.54, 1.807) is 0 Å². The maximum atomic E-state index is 11.1. The Morgan fingerprint density at radius 1 is 1.53 bits per heavy atom. The molecule has 0 atom stereocenters. The van der Waals surface area contributed by atoms with Crippen LogP contribution >= 0.6 is 0 Å². The lowest BCUT2D eigenvalue weighted by Crippen LogP contribution is -2.04. The number of hydrogen-bond donors (Lipinski definition) is 1. The highest BCUT2D eigenvalue weighted by atomic mass is 16.5. The summed E-state index contributed by atoms with van der Waals surface area (Å²) < 4.78 is 4.53. The Balaban J connectivity index is 2.74. The van der Waals surface area contributed by atoms with Crippen LogP contribution in [-0.2, 0) is 16.0 Å². The van der Waals surface area contributed by atoms with E-state index >= 15 is 0 Å². The topological polar surface area (TPSA) is 76.5 Å². The van der Waals surface area contributed by atoms with Crippen LogP contribution in [-0.4, -0.2) is 29.1 Å². The Morgan fingerprint density at radius 2 is 2.27 bits per heavy atom. The first-order chi connectivity index (χ1) is 7.13. The van der Waals surface area contributed by atoms with Gasteiger partial charge >= 0.3 is 11.9 Å². The van der Waals surface area contributed by atoms with E-state index in [9.17, 15) is 9.59 Å². The van der Waals surface area contributed by atoms with Crippen molar-refractivity contribution in [2.24, 2.45) is 0 Å². The summed E-state index contributed by atoms with van der Waals surface area (Å²) in [5.41, 5.74) is 0.952. The van der Waals surface area contributed by atoms with Gasteiger partial charge < -0.3 is 9.84 Å². The third kappa shape index (κ3) is 3.38. The Morgan fingerprint density at radius 3 is 2.87 bits per heavy atom. The highest BCUT2D eigenvalue weighted by molar-refractivity contribution is 5.89. The lowest BCUT2D eigenvalue weighted by Gasteiger charge is -2.01. The molecule has 1 heterocycles. The minimum atomic E-state index is -0.889. The summed E-state index contributed by atoms with van der Waals surface area (Å²) in [6.45, 7) is 0. The molecule has 0 fully saturated rings. The quantitative estimate of drug-likeness (QED) is 0.745. The Kier molecular flexibility index (Phi) is 3.79. The van der Waals surface area contributed by atoms with Crippen molar-refractivity contribution in [2.75, 3.05) is 7.11 Å². The summed E-state index contributed by atoms with van der Waals surface area (Å²) in [6.07, 6.45) is 1.77. The second-order valence-corrected chi connectivity index (χ2v) is 2.92. The number of carbonyl (C=O) groups is 2. The van der Waals surface area contributed by atoms with Crippen molar-refractivity contribution in [1.29, 1.82) is 0 Å². The number of aryl methyl sites for hydroxylation is 1. The van der Waals surface area contributed by atoms with E-state index in [4.69, 9.17) is 5.11 Å². The molecule has 1 aromatic rings. The molecule has 0 unspecified atom stereocenters.